The fourth-order valence-corrected chi connectivity index (χ4v) is 5.33. The third-order valence-electron chi connectivity index (χ3n) is 5.85. The first-order valence-corrected chi connectivity index (χ1v) is 11.5. The number of carbonyl (C=O) groups is 1. The summed E-state index contributed by atoms with van der Waals surface area (Å²) in [6.07, 6.45) is 1.60. The van der Waals surface area contributed by atoms with Gasteiger partial charge in [-0.2, -0.15) is 5.10 Å². The number of fused-ring (bicyclic) bond motifs is 2. The maximum absolute atomic E-state index is 13.9. The Hall–Kier alpha value is -3.25. The van der Waals surface area contributed by atoms with Crippen LogP contribution in [0, 0.1) is 0 Å². The molecule has 1 amide bonds. The minimum absolute atomic E-state index is 0.133. The number of nitrogens with zero attached hydrogens (tertiary/aromatic N) is 3. The number of rotatable bonds is 4. The Bertz CT molecular complexity index is 1310. The Morgan fingerprint density at radius 2 is 1.81 bits per heavy atom. The van der Waals surface area contributed by atoms with Gasteiger partial charge in [0.05, 0.1) is 11.4 Å². The van der Waals surface area contributed by atoms with E-state index in [2.05, 4.69) is 28.7 Å². The van der Waals surface area contributed by atoms with Gasteiger partial charge in [-0.1, -0.05) is 55.5 Å². The first kappa shape index (κ1) is 19.7. The van der Waals surface area contributed by atoms with Crippen molar-refractivity contribution in [2.24, 2.45) is 0 Å². The van der Waals surface area contributed by atoms with Crippen molar-refractivity contribution in [1.82, 2.24) is 14.7 Å². The summed E-state index contributed by atoms with van der Waals surface area (Å²) in [5.41, 5.74) is 2.47. The first-order chi connectivity index (χ1) is 15.2. The SMILES string of the molecule is CCCn1nc(C(=O)N2CCc3sccc3[C@H]2c2ccccc2)c2ccccc2c1=O. The van der Waals surface area contributed by atoms with Gasteiger partial charge in [-0.05, 0) is 41.5 Å². The van der Waals surface area contributed by atoms with Crippen LogP contribution in [0.1, 0.15) is 45.9 Å². The highest BCUT2D eigenvalue weighted by Gasteiger charge is 2.34. The molecule has 3 heterocycles. The largest absolute Gasteiger partial charge is 0.326 e. The molecule has 0 unspecified atom stereocenters. The second-order valence-electron chi connectivity index (χ2n) is 7.78. The quantitative estimate of drug-likeness (QED) is 0.474. The van der Waals surface area contributed by atoms with Gasteiger partial charge in [-0.25, -0.2) is 4.68 Å². The zero-order valence-corrected chi connectivity index (χ0v) is 18.1. The van der Waals surface area contributed by atoms with Gasteiger partial charge in [-0.3, -0.25) is 9.59 Å². The van der Waals surface area contributed by atoms with Crippen LogP contribution in [0.4, 0.5) is 0 Å². The Balaban J connectivity index is 1.67. The molecule has 0 saturated heterocycles. The highest BCUT2D eigenvalue weighted by molar-refractivity contribution is 7.10. The van der Waals surface area contributed by atoms with E-state index in [9.17, 15) is 9.59 Å². The summed E-state index contributed by atoms with van der Waals surface area (Å²) in [5.74, 6) is -0.133. The van der Waals surface area contributed by atoms with Crippen LogP contribution in [-0.4, -0.2) is 27.1 Å². The number of hydrogen-bond donors (Lipinski definition) is 0. The lowest BCUT2D eigenvalue weighted by molar-refractivity contribution is 0.0689. The van der Waals surface area contributed by atoms with Crippen LogP contribution in [0.5, 0.6) is 0 Å². The standard InChI is InChI=1S/C25H23N3O2S/c1-2-14-28-24(29)19-11-7-6-10-18(19)22(26-28)25(30)27-15-12-21-20(13-16-31-21)23(27)17-8-4-3-5-9-17/h3-11,13,16,23H,2,12,14-15H2,1H3/t23-/m1/s1. The van der Waals surface area contributed by atoms with E-state index in [1.165, 1.54) is 15.1 Å². The molecule has 5 nitrogen and oxygen atoms in total. The number of aromatic nitrogens is 2. The molecule has 31 heavy (non-hydrogen) atoms. The predicted octanol–water partition coefficient (Wildman–Crippen LogP) is 4.66. The van der Waals surface area contributed by atoms with Gasteiger partial charge < -0.3 is 4.90 Å². The van der Waals surface area contributed by atoms with E-state index in [1.54, 1.807) is 17.4 Å². The zero-order valence-electron chi connectivity index (χ0n) is 17.3. The van der Waals surface area contributed by atoms with Crippen molar-refractivity contribution < 1.29 is 4.79 Å². The number of amides is 1. The highest BCUT2D eigenvalue weighted by Crippen LogP contribution is 2.38. The smallest absolute Gasteiger partial charge is 0.275 e. The molecule has 0 bridgehead atoms. The van der Waals surface area contributed by atoms with Crippen LogP contribution in [0.3, 0.4) is 0 Å². The average molecular weight is 430 g/mol. The lowest BCUT2D eigenvalue weighted by atomic mass is 9.92. The van der Waals surface area contributed by atoms with Crippen LogP contribution in [0.2, 0.25) is 0 Å². The van der Waals surface area contributed by atoms with Crippen molar-refractivity contribution >= 4 is 28.0 Å². The van der Waals surface area contributed by atoms with Gasteiger partial charge in [-0.15, -0.1) is 11.3 Å². The van der Waals surface area contributed by atoms with E-state index < -0.39 is 0 Å². The maximum Gasteiger partial charge on any atom is 0.275 e. The Labute approximate surface area is 184 Å². The van der Waals surface area contributed by atoms with Crippen molar-refractivity contribution in [2.75, 3.05) is 6.54 Å². The van der Waals surface area contributed by atoms with E-state index in [0.29, 0.717) is 29.6 Å². The second-order valence-corrected chi connectivity index (χ2v) is 8.78. The lowest BCUT2D eigenvalue weighted by Gasteiger charge is -2.36. The molecule has 1 aliphatic rings. The number of carbonyl (C=O) groups excluding carboxylic acids is 1. The number of thiophene rings is 1. The minimum atomic E-state index is -0.157. The molecule has 2 aromatic heterocycles. The molecular weight excluding hydrogens is 406 g/mol. The van der Waals surface area contributed by atoms with Gasteiger partial charge in [0.15, 0.2) is 5.69 Å². The summed E-state index contributed by atoms with van der Waals surface area (Å²) < 4.78 is 1.44. The van der Waals surface area contributed by atoms with Gasteiger partial charge >= 0.3 is 0 Å². The van der Waals surface area contributed by atoms with Crippen LogP contribution in [-0.2, 0) is 13.0 Å². The van der Waals surface area contributed by atoms with Crippen molar-refractivity contribution in [1.29, 1.82) is 0 Å². The van der Waals surface area contributed by atoms with Gasteiger partial charge in [0.2, 0.25) is 0 Å². The van der Waals surface area contributed by atoms with E-state index in [-0.39, 0.29) is 17.5 Å². The molecule has 0 radical (unpaired) electrons. The molecule has 6 heteroatoms. The summed E-state index contributed by atoms with van der Waals surface area (Å²) in [6, 6.07) is 19.4. The molecule has 2 aromatic carbocycles. The van der Waals surface area contributed by atoms with E-state index in [0.717, 1.165) is 18.4 Å². The van der Waals surface area contributed by atoms with Crippen molar-refractivity contribution in [2.45, 2.75) is 32.4 Å². The van der Waals surface area contributed by atoms with Crippen molar-refractivity contribution in [3.63, 3.8) is 0 Å². The van der Waals surface area contributed by atoms with Crippen molar-refractivity contribution in [3.05, 3.63) is 98.1 Å². The number of benzene rings is 2. The Kier molecular flexibility index (Phi) is 5.16. The summed E-state index contributed by atoms with van der Waals surface area (Å²) >= 11 is 1.75. The van der Waals surface area contributed by atoms with Crippen LogP contribution in [0.15, 0.2) is 70.8 Å². The molecule has 0 saturated carbocycles. The van der Waals surface area contributed by atoms with Gasteiger partial charge in [0.1, 0.15) is 0 Å². The van der Waals surface area contributed by atoms with Crippen LogP contribution >= 0.6 is 11.3 Å². The summed E-state index contributed by atoms with van der Waals surface area (Å²) in [7, 11) is 0. The molecular formula is C25H23N3O2S. The molecule has 0 fully saturated rings. The minimum Gasteiger partial charge on any atom is -0.326 e. The molecule has 0 spiro atoms. The van der Waals surface area contributed by atoms with E-state index in [1.807, 2.05) is 48.2 Å². The summed E-state index contributed by atoms with van der Waals surface area (Å²) in [4.78, 5) is 30.1. The molecule has 1 atom stereocenters. The van der Waals surface area contributed by atoms with Crippen LogP contribution in [0.25, 0.3) is 10.8 Å². The fraction of sp³-hybridized carbons (Fsp3) is 0.240. The highest BCUT2D eigenvalue weighted by atomic mass is 32.1. The normalized spacial score (nSPS) is 15.8. The second kappa shape index (κ2) is 8.12. The molecule has 156 valence electrons. The van der Waals surface area contributed by atoms with E-state index in [4.69, 9.17) is 0 Å². The Morgan fingerprint density at radius 1 is 1.06 bits per heavy atom. The topological polar surface area (TPSA) is 55.2 Å². The third-order valence-corrected chi connectivity index (χ3v) is 6.84. The monoisotopic (exact) mass is 429 g/mol. The molecule has 4 aromatic rings. The maximum atomic E-state index is 13.9. The van der Waals surface area contributed by atoms with Gasteiger partial charge in [0.25, 0.3) is 11.5 Å². The molecule has 5 rings (SSSR count). The fourth-order valence-electron chi connectivity index (χ4n) is 4.42. The van der Waals surface area contributed by atoms with E-state index >= 15 is 0 Å². The molecule has 1 aliphatic heterocycles. The van der Waals surface area contributed by atoms with Crippen LogP contribution < -0.4 is 5.56 Å². The predicted molar refractivity (Wildman–Crippen MR) is 124 cm³/mol. The summed E-state index contributed by atoms with van der Waals surface area (Å²) in [6.45, 7) is 3.11. The lowest BCUT2D eigenvalue weighted by Crippen LogP contribution is -2.41. The number of hydrogen-bond acceptors (Lipinski definition) is 4. The molecule has 0 N–H and O–H groups in total. The zero-order chi connectivity index (χ0) is 21.4. The average Bonchev–Trinajstić information content (AvgIpc) is 3.29. The molecule has 0 aliphatic carbocycles. The Morgan fingerprint density at radius 3 is 2.58 bits per heavy atom. The summed E-state index contributed by atoms with van der Waals surface area (Å²) in [5, 5.41) is 7.81. The third kappa shape index (κ3) is 3.37. The van der Waals surface area contributed by atoms with Crippen molar-refractivity contribution in [3.8, 4) is 0 Å². The first-order valence-electron chi connectivity index (χ1n) is 10.6. The van der Waals surface area contributed by atoms with Gasteiger partial charge in [0, 0.05) is 23.4 Å². The number of aryl methyl sites for hydroxylation is 1.